The molecule has 0 aliphatic heterocycles. The molecule has 3 unspecified atom stereocenters. The monoisotopic (exact) mass is 933 g/mol. The molecule has 0 bridgehead atoms. The maximum absolute atomic E-state index is 14.5. The Morgan fingerprint density at radius 2 is 1.08 bits per heavy atom. The van der Waals surface area contributed by atoms with Gasteiger partial charge >= 0.3 is 0 Å². The zero-order valence-corrected chi connectivity index (χ0v) is 44.5. The summed E-state index contributed by atoms with van der Waals surface area (Å²) in [6.45, 7) is 20.5. The minimum Gasteiger partial charge on any atom is -0.356 e. The smallest absolute Gasteiger partial charge is 0.223 e. The summed E-state index contributed by atoms with van der Waals surface area (Å²) in [6.07, 6.45) is 11.1. The fraction of sp³-hybridized carbons (Fsp3) is 0.885. The van der Waals surface area contributed by atoms with Gasteiger partial charge in [-0.3, -0.25) is 28.8 Å². The van der Waals surface area contributed by atoms with Gasteiger partial charge in [-0.2, -0.15) is 0 Å². The van der Waals surface area contributed by atoms with E-state index in [1.54, 1.807) is 13.8 Å². The van der Waals surface area contributed by atoms with E-state index in [0.717, 1.165) is 57.8 Å². The summed E-state index contributed by atoms with van der Waals surface area (Å²) >= 11 is 0. The number of carbonyl (C=O) groups excluding carboxylic acids is 6. The van der Waals surface area contributed by atoms with Crippen LogP contribution in [0, 0.1) is 40.4 Å². The number of carbonyl (C=O) groups is 6. The van der Waals surface area contributed by atoms with Crippen LogP contribution in [0.2, 0.25) is 0 Å². The Morgan fingerprint density at radius 3 is 1.62 bits per heavy atom. The van der Waals surface area contributed by atoms with Crippen LogP contribution in [-0.2, 0) is 28.8 Å². The van der Waals surface area contributed by atoms with E-state index in [0.29, 0.717) is 51.6 Å². The highest BCUT2D eigenvalue weighted by molar-refractivity contribution is 5.94. The molecule has 1 aliphatic carbocycles. The summed E-state index contributed by atoms with van der Waals surface area (Å²) in [6, 6.07) is 0. The topological polar surface area (TPSA) is 164 Å². The van der Waals surface area contributed by atoms with Gasteiger partial charge in [-0.15, -0.1) is 0 Å². The molecule has 14 nitrogen and oxygen atoms in total. The molecule has 3 amide bonds. The number of nitrogens with one attached hydrogen (secondary N) is 4. The molecule has 3 atom stereocenters. The van der Waals surface area contributed by atoms with Gasteiger partial charge in [0.05, 0.1) is 6.54 Å². The highest BCUT2D eigenvalue weighted by Crippen LogP contribution is 2.37. The lowest BCUT2D eigenvalue weighted by Gasteiger charge is -2.33. The average Bonchev–Trinajstić information content (AvgIpc) is 3.26. The third-order valence-corrected chi connectivity index (χ3v) is 13.9. The zero-order chi connectivity index (χ0) is 49.9. The van der Waals surface area contributed by atoms with Crippen LogP contribution in [0.15, 0.2) is 0 Å². The van der Waals surface area contributed by atoms with E-state index in [1.165, 1.54) is 32.1 Å². The molecule has 0 saturated heterocycles. The Kier molecular flexibility index (Phi) is 30.5. The minimum atomic E-state index is -1.05. The van der Waals surface area contributed by atoms with Crippen LogP contribution in [0.3, 0.4) is 0 Å². The van der Waals surface area contributed by atoms with Gasteiger partial charge in [0, 0.05) is 107 Å². The minimum absolute atomic E-state index is 0.0364. The number of likely N-dealkylation sites (N-methyl/N-ethyl adjacent to an activating group) is 4. The van der Waals surface area contributed by atoms with Crippen molar-refractivity contribution >= 4 is 35.1 Å². The first-order valence-corrected chi connectivity index (χ1v) is 25.8. The van der Waals surface area contributed by atoms with Crippen molar-refractivity contribution in [2.24, 2.45) is 40.4 Å². The normalized spacial score (nSPS) is 17.2. The lowest BCUT2D eigenvalue weighted by molar-refractivity contribution is -0.140. The summed E-state index contributed by atoms with van der Waals surface area (Å²) in [5, 5.41) is 12.4. The second-order valence-electron chi connectivity index (χ2n) is 21.8. The molecule has 1 saturated carbocycles. The molecule has 0 aromatic rings. The summed E-state index contributed by atoms with van der Waals surface area (Å²) in [5.74, 6) is -1.81. The number of hydrogen-bond acceptors (Lipinski definition) is 11. The molecule has 14 heteroatoms. The van der Waals surface area contributed by atoms with Crippen LogP contribution in [0.4, 0.5) is 0 Å². The zero-order valence-electron chi connectivity index (χ0n) is 44.5. The molecule has 0 aromatic carbocycles. The second kappa shape index (κ2) is 32.9. The summed E-state index contributed by atoms with van der Waals surface area (Å²) in [5.41, 5.74) is -2.05. The number of Topliss-reactive ketones (excluding diaryl/α,β-unsaturated/α-hetero) is 3. The number of ketones is 3. The molecule has 0 aromatic heterocycles. The van der Waals surface area contributed by atoms with Crippen molar-refractivity contribution in [1.29, 1.82) is 0 Å². The predicted molar refractivity (Wildman–Crippen MR) is 270 cm³/mol. The van der Waals surface area contributed by atoms with Gasteiger partial charge in [-0.1, -0.05) is 87.0 Å². The van der Waals surface area contributed by atoms with Crippen molar-refractivity contribution in [2.45, 2.75) is 145 Å². The number of unbranched alkanes of at least 4 members (excludes halogenated alkanes) is 2. The molecular weight excluding hydrogens is 833 g/mol. The third-order valence-electron chi connectivity index (χ3n) is 13.9. The lowest BCUT2D eigenvalue weighted by Crippen LogP contribution is -2.43. The van der Waals surface area contributed by atoms with Gasteiger partial charge in [0.25, 0.3) is 0 Å². The van der Waals surface area contributed by atoms with Crippen molar-refractivity contribution in [3.8, 4) is 0 Å². The molecule has 66 heavy (non-hydrogen) atoms. The van der Waals surface area contributed by atoms with Crippen LogP contribution in [0.1, 0.15) is 145 Å². The Hall–Kier alpha value is -2.78. The van der Waals surface area contributed by atoms with Crippen LogP contribution >= 0.6 is 0 Å². The Bertz CT molecular complexity index is 1430. The molecule has 0 radical (unpaired) electrons. The van der Waals surface area contributed by atoms with Crippen LogP contribution in [-0.4, -0.2) is 169 Å². The molecule has 4 N–H and O–H groups in total. The number of hydrogen-bond donors (Lipinski definition) is 4. The summed E-state index contributed by atoms with van der Waals surface area (Å²) < 4.78 is 0. The Labute approximate surface area is 403 Å². The highest BCUT2D eigenvalue weighted by Gasteiger charge is 2.41. The van der Waals surface area contributed by atoms with E-state index in [4.69, 9.17) is 0 Å². The first-order chi connectivity index (χ1) is 31.0. The van der Waals surface area contributed by atoms with Crippen molar-refractivity contribution in [2.75, 3.05) is 114 Å². The SMILES string of the molecule is CCCCNCC(=O)C(CC(=O)NCCN(C)CCN(C)C)CC(C)(C)C(=O)CC(CC(C)(C)C(=O)C(CC)CC(=O)NCC1CCC(CCCC)CC1)C(=O)NCCN(C)CCN(C)C. The maximum Gasteiger partial charge on any atom is 0.223 e. The van der Waals surface area contributed by atoms with Crippen molar-refractivity contribution in [3.05, 3.63) is 0 Å². The maximum atomic E-state index is 14.5. The highest BCUT2D eigenvalue weighted by atomic mass is 16.2. The molecule has 0 heterocycles. The molecule has 1 rings (SSSR count). The van der Waals surface area contributed by atoms with E-state index in [9.17, 15) is 28.8 Å². The van der Waals surface area contributed by atoms with E-state index in [1.807, 2.05) is 63.1 Å². The summed E-state index contributed by atoms with van der Waals surface area (Å²) in [7, 11) is 12.1. The van der Waals surface area contributed by atoms with Crippen LogP contribution in [0.25, 0.3) is 0 Å². The lowest BCUT2D eigenvalue weighted by atomic mass is 9.70. The second-order valence-corrected chi connectivity index (χ2v) is 21.8. The number of amides is 3. The molecular formula is C52H100N8O6. The number of rotatable bonds is 38. The van der Waals surface area contributed by atoms with Crippen molar-refractivity contribution in [3.63, 3.8) is 0 Å². The fourth-order valence-electron chi connectivity index (χ4n) is 9.07. The van der Waals surface area contributed by atoms with Crippen LogP contribution < -0.4 is 21.3 Å². The molecule has 1 aliphatic rings. The Morgan fingerprint density at radius 1 is 0.561 bits per heavy atom. The van der Waals surface area contributed by atoms with Gasteiger partial charge < -0.3 is 40.9 Å². The Balaban J connectivity index is 3.21. The van der Waals surface area contributed by atoms with Crippen molar-refractivity contribution < 1.29 is 28.8 Å². The van der Waals surface area contributed by atoms with E-state index < -0.39 is 28.6 Å². The first kappa shape index (κ1) is 61.2. The predicted octanol–water partition coefficient (Wildman–Crippen LogP) is 5.68. The third kappa shape index (κ3) is 26.1. The molecule has 0 spiro atoms. The molecule has 1 fully saturated rings. The van der Waals surface area contributed by atoms with Gasteiger partial charge in [0.1, 0.15) is 17.3 Å². The van der Waals surface area contributed by atoms with Gasteiger partial charge in [-0.05, 0) is 99.2 Å². The summed E-state index contributed by atoms with van der Waals surface area (Å²) in [4.78, 5) is 91.9. The number of nitrogens with zero attached hydrogens (tertiary/aromatic N) is 4. The van der Waals surface area contributed by atoms with Crippen LogP contribution in [0.5, 0.6) is 0 Å². The van der Waals surface area contributed by atoms with Gasteiger partial charge in [-0.25, -0.2) is 0 Å². The quantitative estimate of drug-likeness (QED) is 0.0564. The van der Waals surface area contributed by atoms with Gasteiger partial charge in [0.2, 0.25) is 17.7 Å². The average molecular weight is 933 g/mol. The van der Waals surface area contributed by atoms with Gasteiger partial charge in [0.15, 0.2) is 0 Å². The standard InChI is InChI=1S/C52H100N8O6/c1-14-17-19-40-20-22-41(23-21-40)38-56-48(64)34-42(16-3)49(65)52(6,7)37-44(50(66)55-26-28-60(13)32-30-58(10)11)33-46(62)51(4,5)36-43(45(61)39-53-24-18-15-2)35-47(63)54-25-27-59(12)31-29-57(8)9/h40-44,53H,14-39H2,1-13H3,(H,54,63)(H,55,66)(H,56,64). The first-order valence-electron chi connectivity index (χ1n) is 25.8. The fourth-order valence-corrected chi connectivity index (χ4v) is 9.07. The van der Waals surface area contributed by atoms with Crippen molar-refractivity contribution in [1.82, 2.24) is 40.9 Å². The van der Waals surface area contributed by atoms with E-state index in [2.05, 4.69) is 54.7 Å². The molecule has 384 valence electrons. The van der Waals surface area contributed by atoms with E-state index >= 15 is 0 Å². The largest absolute Gasteiger partial charge is 0.356 e. The van der Waals surface area contributed by atoms with E-state index in [-0.39, 0.29) is 73.7 Å².